The van der Waals surface area contributed by atoms with Crippen molar-refractivity contribution in [1.82, 2.24) is 9.88 Å². The van der Waals surface area contributed by atoms with Crippen molar-refractivity contribution in [1.29, 1.82) is 5.26 Å². The lowest BCUT2D eigenvalue weighted by atomic mass is 9.75. The molecule has 1 fully saturated rings. The summed E-state index contributed by atoms with van der Waals surface area (Å²) in [6.07, 6.45) is 3.01. The normalized spacial score (nSPS) is 19.5. The Labute approximate surface area is 179 Å². The molecule has 0 radical (unpaired) electrons. The molecule has 0 spiro atoms. The van der Waals surface area contributed by atoms with E-state index >= 15 is 0 Å². The predicted molar refractivity (Wildman–Crippen MR) is 112 cm³/mol. The topological polar surface area (TPSA) is 77.2 Å². The minimum atomic E-state index is -0.694. The van der Waals surface area contributed by atoms with E-state index in [0.717, 1.165) is 5.56 Å². The highest BCUT2D eigenvalue weighted by atomic mass is 19.1. The van der Waals surface area contributed by atoms with Crippen LogP contribution in [0.3, 0.4) is 0 Å². The van der Waals surface area contributed by atoms with Crippen molar-refractivity contribution in [3.05, 3.63) is 101 Å². The maximum Gasteiger partial charge on any atom is 0.256 e. The molecular formula is C25H18FN3O2. The van der Waals surface area contributed by atoms with Crippen LogP contribution in [0.4, 0.5) is 4.39 Å². The Bertz CT molecular complexity index is 1190. The summed E-state index contributed by atoms with van der Waals surface area (Å²) in [7, 11) is 0. The van der Waals surface area contributed by atoms with Crippen molar-refractivity contribution in [3.63, 3.8) is 0 Å². The second kappa shape index (κ2) is 8.79. The summed E-state index contributed by atoms with van der Waals surface area (Å²) >= 11 is 0. The Morgan fingerprint density at radius 2 is 1.87 bits per heavy atom. The van der Waals surface area contributed by atoms with E-state index in [2.05, 4.69) is 22.9 Å². The predicted octanol–water partition coefficient (Wildman–Crippen LogP) is 3.11. The first-order chi connectivity index (χ1) is 15.1. The third-order valence-electron chi connectivity index (χ3n) is 5.38. The number of likely N-dealkylation sites (tertiary alicyclic amines) is 1. The summed E-state index contributed by atoms with van der Waals surface area (Å²) in [4.78, 5) is 18.2. The minimum Gasteiger partial charge on any atom is -0.394 e. The summed E-state index contributed by atoms with van der Waals surface area (Å²) in [5, 5.41) is 19.6. The largest absolute Gasteiger partial charge is 0.394 e. The molecule has 1 N–H and O–H groups in total. The van der Waals surface area contributed by atoms with Crippen molar-refractivity contribution in [2.75, 3.05) is 6.61 Å². The van der Waals surface area contributed by atoms with Crippen LogP contribution in [-0.4, -0.2) is 39.6 Å². The molecule has 1 aliphatic heterocycles. The van der Waals surface area contributed by atoms with Gasteiger partial charge >= 0.3 is 0 Å². The van der Waals surface area contributed by atoms with Gasteiger partial charge in [-0.25, -0.2) is 4.39 Å². The lowest BCUT2D eigenvalue weighted by Gasteiger charge is -2.51. The van der Waals surface area contributed by atoms with E-state index in [9.17, 15) is 19.6 Å². The van der Waals surface area contributed by atoms with Gasteiger partial charge < -0.3 is 10.0 Å². The number of aliphatic hydroxyl groups excluding tert-OH is 1. The highest BCUT2D eigenvalue weighted by molar-refractivity contribution is 5.95. The van der Waals surface area contributed by atoms with E-state index in [4.69, 9.17) is 0 Å². The second-order valence-corrected chi connectivity index (χ2v) is 7.16. The van der Waals surface area contributed by atoms with E-state index < -0.39 is 12.1 Å². The van der Waals surface area contributed by atoms with E-state index in [-0.39, 0.29) is 24.2 Å². The van der Waals surface area contributed by atoms with Crippen LogP contribution in [0, 0.1) is 29.0 Å². The fraction of sp³-hybridized carbons (Fsp3) is 0.160. The minimum absolute atomic E-state index is 0.260. The molecule has 31 heavy (non-hydrogen) atoms. The first-order valence-electron chi connectivity index (χ1n) is 9.73. The van der Waals surface area contributed by atoms with Gasteiger partial charge in [0.25, 0.3) is 5.91 Å². The Kier molecular flexibility index (Phi) is 5.75. The molecule has 3 aromatic rings. The van der Waals surface area contributed by atoms with Gasteiger partial charge in [0, 0.05) is 23.9 Å². The average Bonchev–Trinajstić information content (AvgIpc) is 2.80. The number of aliphatic hydroxyl groups is 1. The molecule has 6 heteroatoms. The van der Waals surface area contributed by atoms with Crippen LogP contribution in [0.15, 0.2) is 73.1 Å². The van der Waals surface area contributed by atoms with Crippen molar-refractivity contribution in [2.45, 2.75) is 18.0 Å². The van der Waals surface area contributed by atoms with Crippen molar-refractivity contribution in [3.8, 4) is 17.9 Å². The molecular weight excluding hydrogens is 393 g/mol. The fourth-order valence-electron chi connectivity index (χ4n) is 3.82. The van der Waals surface area contributed by atoms with E-state index in [0.29, 0.717) is 16.7 Å². The zero-order valence-electron chi connectivity index (χ0n) is 16.4. The Hall–Kier alpha value is -4.00. The summed E-state index contributed by atoms with van der Waals surface area (Å²) in [6.45, 7) is -0.260. The molecule has 2 heterocycles. The molecule has 0 saturated carbocycles. The number of amides is 1. The lowest BCUT2D eigenvalue weighted by Crippen LogP contribution is -2.65. The molecule has 0 bridgehead atoms. The van der Waals surface area contributed by atoms with Crippen LogP contribution in [0.25, 0.3) is 0 Å². The number of pyridine rings is 1. The zero-order chi connectivity index (χ0) is 21.8. The van der Waals surface area contributed by atoms with Gasteiger partial charge in [0.2, 0.25) is 0 Å². The second-order valence-electron chi connectivity index (χ2n) is 7.16. The first-order valence-corrected chi connectivity index (χ1v) is 9.73. The maximum atomic E-state index is 13.7. The zero-order valence-corrected chi connectivity index (χ0v) is 16.4. The van der Waals surface area contributed by atoms with Crippen LogP contribution in [0.1, 0.15) is 33.0 Å². The van der Waals surface area contributed by atoms with E-state index in [1.54, 1.807) is 48.7 Å². The molecule has 1 saturated heterocycles. The van der Waals surface area contributed by atoms with Crippen molar-refractivity contribution in [2.24, 2.45) is 0 Å². The van der Waals surface area contributed by atoms with Crippen LogP contribution in [0.5, 0.6) is 0 Å². The summed E-state index contributed by atoms with van der Waals surface area (Å²) in [5.41, 5.74) is 2.22. The standard InChI is InChI=1S/C25H18FN3O2/c26-21-6-2-1-4-18(21)10-7-17-8-11-19(12-9-17)24-22(14-27)29(23(24)16-30)25(31)20-5-3-13-28-15-20/h1-6,8-9,11-13,15,22-24,30H,16H2/t22-,23+,24-/m1/s1. The third kappa shape index (κ3) is 3.90. The highest BCUT2D eigenvalue weighted by Gasteiger charge is 2.51. The summed E-state index contributed by atoms with van der Waals surface area (Å²) in [6, 6.07) is 17.8. The van der Waals surface area contributed by atoms with Gasteiger partial charge in [-0.05, 0) is 42.0 Å². The van der Waals surface area contributed by atoms with E-state index in [1.807, 2.05) is 12.1 Å². The van der Waals surface area contributed by atoms with Gasteiger partial charge in [-0.1, -0.05) is 36.1 Å². The Balaban J connectivity index is 1.55. The Morgan fingerprint density at radius 1 is 1.10 bits per heavy atom. The van der Waals surface area contributed by atoms with Gasteiger partial charge in [0.05, 0.1) is 29.8 Å². The fourth-order valence-corrected chi connectivity index (χ4v) is 3.82. The van der Waals surface area contributed by atoms with E-state index in [1.165, 1.54) is 17.2 Å². The molecule has 1 aliphatic rings. The number of carbonyl (C=O) groups excluding carboxylic acids is 1. The number of rotatable bonds is 3. The van der Waals surface area contributed by atoms with Gasteiger partial charge in [-0.2, -0.15) is 5.26 Å². The molecule has 5 nitrogen and oxygen atoms in total. The van der Waals surface area contributed by atoms with Crippen molar-refractivity contribution >= 4 is 5.91 Å². The van der Waals surface area contributed by atoms with Crippen LogP contribution >= 0.6 is 0 Å². The third-order valence-corrected chi connectivity index (χ3v) is 5.38. The van der Waals surface area contributed by atoms with Crippen LogP contribution in [0.2, 0.25) is 0 Å². The average molecular weight is 411 g/mol. The number of benzene rings is 2. The van der Waals surface area contributed by atoms with Gasteiger partial charge in [-0.3, -0.25) is 9.78 Å². The molecule has 1 aromatic heterocycles. The number of hydrogen-bond donors (Lipinski definition) is 1. The molecule has 4 rings (SSSR count). The highest BCUT2D eigenvalue weighted by Crippen LogP contribution is 2.41. The van der Waals surface area contributed by atoms with Crippen LogP contribution in [-0.2, 0) is 0 Å². The molecule has 0 unspecified atom stereocenters. The summed E-state index contributed by atoms with van der Waals surface area (Å²) in [5.74, 6) is 4.72. The quantitative estimate of drug-likeness (QED) is 0.672. The number of aromatic nitrogens is 1. The van der Waals surface area contributed by atoms with Gasteiger partial charge in [-0.15, -0.1) is 0 Å². The Morgan fingerprint density at radius 3 is 2.52 bits per heavy atom. The number of nitrogens with zero attached hydrogens (tertiary/aromatic N) is 3. The molecule has 152 valence electrons. The summed E-state index contributed by atoms with van der Waals surface area (Å²) < 4.78 is 13.7. The monoisotopic (exact) mass is 411 g/mol. The SMILES string of the molecule is N#C[C@@H]1[C@@H](c2ccc(C#Cc3ccccc3F)cc2)[C@H](CO)N1C(=O)c1cccnc1. The number of halogens is 1. The molecule has 1 amide bonds. The number of hydrogen-bond acceptors (Lipinski definition) is 4. The maximum absolute atomic E-state index is 13.7. The smallest absolute Gasteiger partial charge is 0.256 e. The van der Waals surface area contributed by atoms with Crippen molar-refractivity contribution < 1.29 is 14.3 Å². The molecule has 0 aliphatic carbocycles. The first kappa shape index (κ1) is 20.3. The van der Waals surface area contributed by atoms with Gasteiger partial charge in [0.15, 0.2) is 0 Å². The number of carbonyl (C=O) groups is 1. The van der Waals surface area contributed by atoms with Crippen LogP contribution < -0.4 is 0 Å². The lowest BCUT2D eigenvalue weighted by molar-refractivity contribution is -0.00588. The molecule has 2 aromatic carbocycles. The number of nitriles is 1. The van der Waals surface area contributed by atoms with Gasteiger partial charge in [0.1, 0.15) is 11.9 Å². The molecule has 3 atom stereocenters.